The molecule has 0 amide bonds. The Balaban J connectivity index is 2.17. The number of pyridine rings is 1. The molecule has 0 saturated carbocycles. The van der Waals surface area contributed by atoms with E-state index in [9.17, 15) is 12.8 Å². The first kappa shape index (κ1) is 14.4. The molecule has 0 aliphatic rings. The van der Waals surface area contributed by atoms with Gasteiger partial charge in [0.15, 0.2) is 0 Å². The third-order valence-corrected chi connectivity index (χ3v) is 3.88. The van der Waals surface area contributed by atoms with Gasteiger partial charge >= 0.3 is 0 Å². The van der Waals surface area contributed by atoms with Crippen molar-refractivity contribution in [1.82, 2.24) is 4.98 Å². The molecule has 2 aromatic rings. The van der Waals surface area contributed by atoms with Crippen molar-refractivity contribution < 1.29 is 12.8 Å². The van der Waals surface area contributed by atoms with Crippen LogP contribution in [0.15, 0.2) is 42.6 Å². The number of rotatable bonds is 5. The molecule has 1 heterocycles. The van der Waals surface area contributed by atoms with E-state index in [-0.39, 0.29) is 18.1 Å². The lowest BCUT2D eigenvalue weighted by Gasteiger charge is -2.10. The van der Waals surface area contributed by atoms with Gasteiger partial charge in [-0.3, -0.25) is 4.72 Å². The Labute approximate surface area is 116 Å². The van der Waals surface area contributed by atoms with Crippen LogP contribution in [-0.2, 0) is 22.3 Å². The Kier molecular flexibility index (Phi) is 4.31. The van der Waals surface area contributed by atoms with Gasteiger partial charge in [-0.25, -0.2) is 17.8 Å². The van der Waals surface area contributed by atoms with E-state index in [1.165, 1.54) is 6.07 Å². The van der Waals surface area contributed by atoms with Gasteiger partial charge in [0.25, 0.3) is 0 Å². The number of anilines is 1. The van der Waals surface area contributed by atoms with E-state index in [1.807, 2.05) is 0 Å². The predicted molar refractivity (Wildman–Crippen MR) is 74.8 cm³/mol. The smallest absolute Gasteiger partial charge is 0.238 e. The van der Waals surface area contributed by atoms with Gasteiger partial charge < -0.3 is 5.73 Å². The highest BCUT2D eigenvalue weighted by molar-refractivity contribution is 7.91. The number of halogens is 1. The lowest BCUT2D eigenvalue weighted by Crippen LogP contribution is -2.17. The second-order valence-corrected chi connectivity index (χ2v) is 5.92. The van der Waals surface area contributed by atoms with E-state index in [4.69, 9.17) is 5.73 Å². The molecule has 0 aliphatic heterocycles. The number of sulfonamides is 1. The Bertz CT molecular complexity index is 687. The zero-order valence-corrected chi connectivity index (χ0v) is 11.4. The fourth-order valence-electron chi connectivity index (χ4n) is 1.73. The Morgan fingerprint density at radius 2 is 1.85 bits per heavy atom. The number of nitrogens with one attached hydrogen (secondary N) is 1. The summed E-state index contributed by atoms with van der Waals surface area (Å²) in [6.07, 6.45) is 0.950. The highest BCUT2D eigenvalue weighted by atomic mass is 32.2. The summed E-state index contributed by atoms with van der Waals surface area (Å²) in [4.78, 5) is 3.66. The largest absolute Gasteiger partial charge is 0.326 e. The van der Waals surface area contributed by atoms with Crippen molar-refractivity contribution in [2.45, 2.75) is 12.3 Å². The molecule has 5 nitrogen and oxygen atoms in total. The maximum absolute atomic E-state index is 12.7. The Hall–Kier alpha value is -1.99. The molecule has 0 bridgehead atoms. The number of hydrogen-bond donors (Lipinski definition) is 2. The molecule has 0 aliphatic carbocycles. The molecule has 7 heteroatoms. The molecule has 0 spiro atoms. The average Bonchev–Trinajstić information content (AvgIpc) is 2.41. The second kappa shape index (κ2) is 5.98. The monoisotopic (exact) mass is 295 g/mol. The van der Waals surface area contributed by atoms with Crippen molar-refractivity contribution >= 4 is 15.8 Å². The molecule has 0 unspecified atom stereocenters. The molecule has 2 rings (SSSR count). The van der Waals surface area contributed by atoms with E-state index in [0.29, 0.717) is 5.56 Å². The molecule has 106 valence electrons. The summed E-state index contributed by atoms with van der Waals surface area (Å²) in [5, 5.41) is 0. The number of nitrogens with two attached hydrogens (primary N) is 1. The van der Waals surface area contributed by atoms with Crippen LogP contribution in [0.2, 0.25) is 0 Å². The number of benzene rings is 1. The van der Waals surface area contributed by atoms with Crippen LogP contribution in [-0.4, -0.2) is 13.4 Å². The van der Waals surface area contributed by atoms with Gasteiger partial charge in [-0.05, 0) is 23.3 Å². The lowest BCUT2D eigenvalue weighted by molar-refractivity contribution is 0.599. The zero-order valence-electron chi connectivity index (χ0n) is 10.6. The quantitative estimate of drug-likeness (QED) is 0.877. The predicted octanol–water partition coefficient (Wildman–Crippen LogP) is 1.62. The van der Waals surface area contributed by atoms with Crippen LogP contribution in [0.1, 0.15) is 11.1 Å². The van der Waals surface area contributed by atoms with Gasteiger partial charge in [0.2, 0.25) is 10.0 Å². The van der Waals surface area contributed by atoms with Crippen LogP contribution in [0.4, 0.5) is 10.2 Å². The molecular formula is C13H14FN3O2S. The van der Waals surface area contributed by atoms with E-state index in [0.717, 1.165) is 17.8 Å². The van der Waals surface area contributed by atoms with Crippen LogP contribution in [0.25, 0.3) is 0 Å². The van der Waals surface area contributed by atoms with Crippen molar-refractivity contribution in [2.75, 3.05) is 4.72 Å². The van der Waals surface area contributed by atoms with Crippen LogP contribution >= 0.6 is 0 Å². The van der Waals surface area contributed by atoms with Crippen molar-refractivity contribution in [2.24, 2.45) is 5.73 Å². The molecule has 0 fully saturated rings. The zero-order chi connectivity index (χ0) is 14.6. The topological polar surface area (TPSA) is 85.1 Å². The number of aromatic nitrogens is 1. The standard InChI is InChI=1S/C13H14FN3O2S/c14-12-5-6-13(16-8-12)17-20(18,19)9-11-4-2-1-3-10(11)7-15/h1-6,8H,7,9,15H2,(H,16,17). The summed E-state index contributed by atoms with van der Waals surface area (Å²) >= 11 is 0. The first-order valence-corrected chi connectivity index (χ1v) is 7.54. The lowest BCUT2D eigenvalue weighted by atomic mass is 10.1. The maximum atomic E-state index is 12.7. The minimum Gasteiger partial charge on any atom is -0.326 e. The Morgan fingerprint density at radius 3 is 2.45 bits per heavy atom. The number of nitrogens with zero attached hydrogens (tertiary/aromatic N) is 1. The van der Waals surface area contributed by atoms with Crippen molar-refractivity contribution in [3.63, 3.8) is 0 Å². The van der Waals surface area contributed by atoms with Gasteiger partial charge in [0.1, 0.15) is 11.6 Å². The van der Waals surface area contributed by atoms with E-state index >= 15 is 0 Å². The normalized spacial score (nSPS) is 11.3. The minimum atomic E-state index is -3.62. The first-order chi connectivity index (χ1) is 9.50. The third kappa shape index (κ3) is 3.75. The van der Waals surface area contributed by atoms with Crippen LogP contribution < -0.4 is 10.5 Å². The van der Waals surface area contributed by atoms with Crippen molar-refractivity contribution in [3.8, 4) is 0 Å². The van der Waals surface area contributed by atoms with Crippen LogP contribution in [0.3, 0.4) is 0 Å². The van der Waals surface area contributed by atoms with Gasteiger partial charge in [0, 0.05) is 6.54 Å². The van der Waals surface area contributed by atoms with Gasteiger partial charge in [-0.2, -0.15) is 0 Å². The van der Waals surface area contributed by atoms with E-state index < -0.39 is 15.8 Å². The van der Waals surface area contributed by atoms with E-state index in [1.54, 1.807) is 24.3 Å². The van der Waals surface area contributed by atoms with Crippen LogP contribution in [0.5, 0.6) is 0 Å². The highest BCUT2D eigenvalue weighted by Gasteiger charge is 2.14. The van der Waals surface area contributed by atoms with Gasteiger partial charge in [-0.15, -0.1) is 0 Å². The summed E-state index contributed by atoms with van der Waals surface area (Å²) < 4.78 is 39.1. The molecule has 3 N–H and O–H groups in total. The fraction of sp³-hybridized carbons (Fsp3) is 0.154. The molecule has 1 aromatic heterocycles. The average molecular weight is 295 g/mol. The Morgan fingerprint density at radius 1 is 1.15 bits per heavy atom. The van der Waals surface area contributed by atoms with E-state index in [2.05, 4.69) is 9.71 Å². The first-order valence-electron chi connectivity index (χ1n) is 5.89. The minimum absolute atomic E-state index is 0.0802. The molecular weight excluding hydrogens is 281 g/mol. The number of hydrogen-bond acceptors (Lipinski definition) is 4. The summed E-state index contributed by atoms with van der Waals surface area (Å²) in [5.41, 5.74) is 6.97. The van der Waals surface area contributed by atoms with Gasteiger partial charge in [0.05, 0.1) is 11.9 Å². The van der Waals surface area contributed by atoms with Gasteiger partial charge in [-0.1, -0.05) is 24.3 Å². The van der Waals surface area contributed by atoms with Crippen molar-refractivity contribution in [1.29, 1.82) is 0 Å². The van der Waals surface area contributed by atoms with Crippen LogP contribution in [0, 0.1) is 5.82 Å². The molecule has 20 heavy (non-hydrogen) atoms. The fourth-order valence-corrected chi connectivity index (χ4v) is 2.94. The highest BCUT2D eigenvalue weighted by Crippen LogP contribution is 2.14. The summed E-state index contributed by atoms with van der Waals surface area (Å²) in [6, 6.07) is 9.44. The maximum Gasteiger partial charge on any atom is 0.238 e. The molecule has 0 saturated heterocycles. The van der Waals surface area contributed by atoms with Crippen molar-refractivity contribution in [3.05, 3.63) is 59.5 Å². The summed E-state index contributed by atoms with van der Waals surface area (Å²) in [5.74, 6) is -0.655. The second-order valence-electron chi connectivity index (χ2n) is 4.20. The third-order valence-electron chi connectivity index (χ3n) is 2.67. The molecule has 1 aromatic carbocycles. The SMILES string of the molecule is NCc1ccccc1CS(=O)(=O)Nc1ccc(F)cn1. The summed E-state index contributed by atoms with van der Waals surface area (Å²) in [7, 11) is -3.62. The molecule has 0 radical (unpaired) electrons. The molecule has 0 atom stereocenters. The summed E-state index contributed by atoms with van der Waals surface area (Å²) in [6.45, 7) is 0.264.